The molecule has 0 fully saturated rings. The molecule has 6 nitrogen and oxygen atoms in total. The Labute approximate surface area is 186 Å². The summed E-state index contributed by atoms with van der Waals surface area (Å²) < 4.78 is 7.85. The Kier molecular flexibility index (Phi) is 6.34. The molecule has 0 saturated carbocycles. The summed E-state index contributed by atoms with van der Waals surface area (Å²) in [6.07, 6.45) is 4.01. The predicted molar refractivity (Wildman–Crippen MR) is 124 cm³/mol. The van der Waals surface area contributed by atoms with Gasteiger partial charge in [-0.3, -0.25) is 4.79 Å². The summed E-state index contributed by atoms with van der Waals surface area (Å²) in [5, 5.41) is 5.09. The summed E-state index contributed by atoms with van der Waals surface area (Å²) >= 11 is 1.70. The standard InChI is InChI=1S/C24H26N4O2S/c1-17-6-11-23-26-19(15-28(23)14-17)16-30-20-9-7-18(8-10-20)24(29)25-13-21(27(2)3)22-5-4-12-31-22/h4-12,14-15,21H,13,16H2,1-3H3,(H,25,29). The number of thiophene rings is 1. The van der Waals surface area contributed by atoms with E-state index in [-0.39, 0.29) is 11.9 Å². The fourth-order valence-corrected chi connectivity index (χ4v) is 4.32. The first-order chi connectivity index (χ1) is 15.0. The molecule has 0 aliphatic carbocycles. The number of nitrogens with zero attached hydrogens (tertiary/aromatic N) is 3. The number of fused-ring (bicyclic) bond motifs is 1. The van der Waals surface area contributed by atoms with Crippen LogP contribution in [-0.4, -0.2) is 40.8 Å². The molecule has 1 amide bonds. The minimum absolute atomic E-state index is 0.0920. The molecular formula is C24H26N4O2S. The van der Waals surface area contributed by atoms with Crippen LogP contribution in [0.1, 0.15) is 32.5 Å². The second-order valence-corrected chi connectivity index (χ2v) is 8.70. The number of aryl methyl sites for hydroxylation is 1. The molecule has 3 heterocycles. The Morgan fingerprint density at radius 3 is 2.68 bits per heavy atom. The third kappa shape index (κ3) is 5.13. The number of benzene rings is 1. The number of rotatable bonds is 8. The molecule has 0 aliphatic heterocycles. The molecule has 0 spiro atoms. The maximum absolute atomic E-state index is 12.6. The molecule has 0 aliphatic rings. The van der Waals surface area contributed by atoms with Gasteiger partial charge in [-0.25, -0.2) is 4.98 Å². The van der Waals surface area contributed by atoms with Crippen LogP contribution in [0.15, 0.2) is 66.3 Å². The summed E-state index contributed by atoms with van der Waals surface area (Å²) in [6, 6.07) is 15.5. The van der Waals surface area contributed by atoms with Gasteiger partial charge in [-0.05, 0) is 68.4 Å². The van der Waals surface area contributed by atoms with E-state index in [1.165, 1.54) is 10.4 Å². The zero-order valence-corrected chi connectivity index (χ0v) is 18.7. The van der Waals surface area contributed by atoms with Crippen molar-refractivity contribution in [2.45, 2.75) is 19.6 Å². The summed E-state index contributed by atoms with van der Waals surface area (Å²) in [4.78, 5) is 20.5. The zero-order valence-electron chi connectivity index (χ0n) is 17.9. The number of amides is 1. The second-order valence-electron chi connectivity index (χ2n) is 7.72. The minimum atomic E-state index is -0.0920. The molecule has 1 unspecified atom stereocenters. The van der Waals surface area contributed by atoms with Gasteiger partial charge in [0.2, 0.25) is 0 Å². The van der Waals surface area contributed by atoms with E-state index in [1.54, 1.807) is 23.5 Å². The number of hydrogen-bond acceptors (Lipinski definition) is 5. The number of carbonyl (C=O) groups excluding carboxylic acids is 1. The normalized spacial score (nSPS) is 12.3. The first-order valence-corrected chi connectivity index (χ1v) is 11.0. The summed E-state index contributed by atoms with van der Waals surface area (Å²) in [5.41, 5.74) is 3.54. The number of carbonyl (C=O) groups is 1. The second kappa shape index (κ2) is 9.32. The van der Waals surface area contributed by atoms with Crippen LogP contribution < -0.4 is 10.1 Å². The Hall–Kier alpha value is -3.16. The van der Waals surface area contributed by atoms with Gasteiger partial charge >= 0.3 is 0 Å². The van der Waals surface area contributed by atoms with E-state index in [1.807, 2.05) is 61.2 Å². The number of nitrogens with one attached hydrogen (secondary N) is 1. The smallest absolute Gasteiger partial charge is 0.251 e. The largest absolute Gasteiger partial charge is 0.487 e. The Balaban J connectivity index is 1.33. The van der Waals surface area contributed by atoms with Crippen LogP contribution in [0.25, 0.3) is 5.65 Å². The van der Waals surface area contributed by atoms with Crippen molar-refractivity contribution in [1.29, 1.82) is 0 Å². The van der Waals surface area contributed by atoms with Crippen LogP contribution in [0.2, 0.25) is 0 Å². The quantitative estimate of drug-likeness (QED) is 0.449. The van der Waals surface area contributed by atoms with Crippen molar-refractivity contribution >= 4 is 22.9 Å². The van der Waals surface area contributed by atoms with Crippen molar-refractivity contribution in [2.24, 2.45) is 0 Å². The third-order valence-electron chi connectivity index (χ3n) is 5.10. The van der Waals surface area contributed by atoms with Crippen LogP contribution in [0, 0.1) is 6.92 Å². The fraction of sp³-hybridized carbons (Fsp3) is 0.250. The monoisotopic (exact) mass is 434 g/mol. The molecule has 1 atom stereocenters. The van der Waals surface area contributed by atoms with Gasteiger partial charge in [0.1, 0.15) is 18.0 Å². The lowest BCUT2D eigenvalue weighted by molar-refractivity contribution is 0.0942. The van der Waals surface area contributed by atoms with E-state index in [9.17, 15) is 4.79 Å². The van der Waals surface area contributed by atoms with Gasteiger partial charge in [0.15, 0.2) is 0 Å². The van der Waals surface area contributed by atoms with Crippen molar-refractivity contribution in [1.82, 2.24) is 19.6 Å². The lowest BCUT2D eigenvalue weighted by Crippen LogP contribution is -2.34. The average molecular weight is 435 g/mol. The highest BCUT2D eigenvalue weighted by atomic mass is 32.1. The molecule has 0 bridgehead atoms. The van der Waals surface area contributed by atoms with Gasteiger partial charge in [0.25, 0.3) is 5.91 Å². The Morgan fingerprint density at radius 1 is 1.16 bits per heavy atom. The van der Waals surface area contributed by atoms with Crippen LogP contribution >= 0.6 is 11.3 Å². The number of pyridine rings is 1. The van der Waals surface area contributed by atoms with Gasteiger partial charge < -0.3 is 19.4 Å². The van der Waals surface area contributed by atoms with Crippen LogP contribution in [-0.2, 0) is 6.61 Å². The first-order valence-electron chi connectivity index (χ1n) is 10.1. The number of imidazole rings is 1. The van der Waals surface area contributed by atoms with E-state index in [0.29, 0.717) is 24.5 Å². The molecule has 3 aromatic heterocycles. The molecule has 4 aromatic rings. The van der Waals surface area contributed by atoms with E-state index in [4.69, 9.17) is 4.74 Å². The van der Waals surface area contributed by atoms with Crippen molar-refractivity contribution in [3.05, 3.63) is 88.0 Å². The predicted octanol–water partition coefficient (Wildman–Crippen LogP) is 4.32. The number of hydrogen-bond donors (Lipinski definition) is 1. The molecule has 0 radical (unpaired) electrons. The van der Waals surface area contributed by atoms with Crippen molar-refractivity contribution in [3.63, 3.8) is 0 Å². The first kappa shape index (κ1) is 21.1. The highest BCUT2D eigenvalue weighted by Gasteiger charge is 2.16. The van der Waals surface area contributed by atoms with Crippen LogP contribution in [0.4, 0.5) is 0 Å². The maximum Gasteiger partial charge on any atom is 0.251 e. The number of likely N-dealkylation sites (N-methyl/N-ethyl adjacent to an activating group) is 1. The minimum Gasteiger partial charge on any atom is -0.487 e. The molecule has 4 rings (SSSR count). The van der Waals surface area contributed by atoms with Gasteiger partial charge in [-0.15, -0.1) is 11.3 Å². The molecule has 1 N–H and O–H groups in total. The highest BCUT2D eigenvalue weighted by Crippen LogP contribution is 2.22. The van der Waals surface area contributed by atoms with Gasteiger partial charge in [-0.2, -0.15) is 0 Å². The van der Waals surface area contributed by atoms with E-state index in [2.05, 4.69) is 33.6 Å². The highest BCUT2D eigenvalue weighted by molar-refractivity contribution is 7.10. The fourth-order valence-electron chi connectivity index (χ4n) is 3.39. The summed E-state index contributed by atoms with van der Waals surface area (Å²) in [6.45, 7) is 2.98. The number of ether oxygens (including phenoxy) is 1. The number of aromatic nitrogens is 2. The van der Waals surface area contributed by atoms with E-state index in [0.717, 1.165) is 11.3 Å². The van der Waals surface area contributed by atoms with Crippen molar-refractivity contribution in [2.75, 3.05) is 20.6 Å². The van der Waals surface area contributed by atoms with Crippen LogP contribution in [0.3, 0.4) is 0 Å². The summed E-state index contributed by atoms with van der Waals surface area (Å²) in [7, 11) is 4.04. The summed E-state index contributed by atoms with van der Waals surface area (Å²) in [5.74, 6) is 0.611. The topological polar surface area (TPSA) is 58.9 Å². The van der Waals surface area contributed by atoms with Gasteiger partial charge in [-0.1, -0.05) is 12.1 Å². The Bertz CT molecular complexity index is 1150. The van der Waals surface area contributed by atoms with Gasteiger partial charge in [0, 0.05) is 29.4 Å². The molecular weight excluding hydrogens is 408 g/mol. The third-order valence-corrected chi connectivity index (χ3v) is 6.08. The lowest BCUT2D eigenvalue weighted by Gasteiger charge is -2.23. The Morgan fingerprint density at radius 2 is 1.97 bits per heavy atom. The molecule has 7 heteroatoms. The maximum atomic E-state index is 12.6. The average Bonchev–Trinajstić information content (AvgIpc) is 3.42. The van der Waals surface area contributed by atoms with Crippen molar-refractivity contribution in [3.8, 4) is 5.75 Å². The zero-order chi connectivity index (χ0) is 21.8. The SMILES string of the molecule is Cc1ccc2nc(COc3ccc(C(=O)NCC(c4cccs4)N(C)C)cc3)cn2c1. The van der Waals surface area contributed by atoms with Gasteiger partial charge in [0.05, 0.1) is 11.7 Å². The van der Waals surface area contributed by atoms with Crippen LogP contribution in [0.5, 0.6) is 5.75 Å². The molecule has 0 saturated heterocycles. The molecule has 31 heavy (non-hydrogen) atoms. The van der Waals surface area contributed by atoms with Crippen molar-refractivity contribution < 1.29 is 9.53 Å². The van der Waals surface area contributed by atoms with E-state index >= 15 is 0 Å². The lowest BCUT2D eigenvalue weighted by atomic mass is 10.2. The molecule has 160 valence electrons. The van der Waals surface area contributed by atoms with E-state index < -0.39 is 0 Å². The molecule has 1 aromatic carbocycles.